The highest BCUT2D eigenvalue weighted by Crippen LogP contribution is 2.47. The Hall–Kier alpha value is -0.770. The van der Waals surface area contributed by atoms with Crippen LogP contribution in [-0.4, -0.2) is 61.1 Å². The maximum Gasteiger partial charge on any atom is 0.193 e. The van der Waals surface area contributed by atoms with Crippen LogP contribution in [-0.2, 0) is 0 Å². The lowest BCUT2D eigenvalue weighted by atomic mass is 9.68. The highest BCUT2D eigenvalue weighted by Gasteiger charge is 2.43. The van der Waals surface area contributed by atoms with E-state index in [0.717, 1.165) is 19.0 Å². The predicted molar refractivity (Wildman–Crippen MR) is 90.8 cm³/mol. The van der Waals surface area contributed by atoms with Crippen LogP contribution >= 0.6 is 0 Å². The van der Waals surface area contributed by atoms with E-state index in [2.05, 4.69) is 47.8 Å². The van der Waals surface area contributed by atoms with Crippen molar-refractivity contribution in [3.8, 4) is 0 Å². The van der Waals surface area contributed by atoms with Gasteiger partial charge in [0, 0.05) is 45.3 Å². The monoisotopic (exact) mass is 294 g/mol. The van der Waals surface area contributed by atoms with Gasteiger partial charge in [0.25, 0.3) is 0 Å². The van der Waals surface area contributed by atoms with E-state index in [4.69, 9.17) is 0 Å². The first kappa shape index (κ1) is 16.6. The molecule has 122 valence electrons. The summed E-state index contributed by atoms with van der Waals surface area (Å²) in [5.74, 6) is 1.10. The number of hydrogen-bond acceptors (Lipinski definition) is 2. The molecule has 21 heavy (non-hydrogen) atoms. The molecule has 4 nitrogen and oxygen atoms in total. The van der Waals surface area contributed by atoms with E-state index in [1.807, 2.05) is 7.05 Å². The molecule has 2 rings (SSSR count). The Labute approximate surface area is 131 Å². The summed E-state index contributed by atoms with van der Waals surface area (Å²) in [6.45, 7) is 13.5. The smallest absolute Gasteiger partial charge is 0.193 e. The van der Waals surface area contributed by atoms with E-state index in [9.17, 15) is 0 Å². The van der Waals surface area contributed by atoms with Gasteiger partial charge in [0.1, 0.15) is 0 Å². The molecule has 1 saturated heterocycles. The van der Waals surface area contributed by atoms with Crippen molar-refractivity contribution in [1.29, 1.82) is 0 Å². The lowest BCUT2D eigenvalue weighted by molar-refractivity contribution is 0.151. The first-order valence-electron chi connectivity index (χ1n) is 8.69. The van der Waals surface area contributed by atoms with Crippen LogP contribution < -0.4 is 5.32 Å². The van der Waals surface area contributed by atoms with Crippen LogP contribution in [0.5, 0.6) is 0 Å². The second-order valence-corrected chi connectivity index (χ2v) is 7.42. The Morgan fingerprint density at radius 1 is 1.19 bits per heavy atom. The fourth-order valence-corrected chi connectivity index (χ4v) is 3.94. The molecule has 0 aromatic carbocycles. The second-order valence-electron chi connectivity index (χ2n) is 7.42. The van der Waals surface area contributed by atoms with Gasteiger partial charge in [-0.2, -0.15) is 0 Å². The van der Waals surface area contributed by atoms with E-state index in [1.54, 1.807) is 0 Å². The molecule has 2 fully saturated rings. The van der Waals surface area contributed by atoms with E-state index in [1.165, 1.54) is 38.8 Å². The van der Waals surface area contributed by atoms with Crippen molar-refractivity contribution in [2.75, 3.05) is 33.2 Å². The Morgan fingerprint density at radius 3 is 2.29 bits per heavy atom. The second kappa shape index (κ2) is 6.99. The van der Waals surface area contributed by atoms with Crippen LogP contribution in [0.3, 0.4) is 0 Å². The molecule has 2 aliphatic rings. The molecule has 1 spiro atoms. The van der Waals surface area contributed by atoms with Crippen LogP contribution in [0.2, 0.25) is 0 Å². The molecule has 1 aliphatic heterocycles. The summed E-state index contributed by atoms with van der Waals surface area (Å²) in [6.07, 6.45) is 5.64. The first-order chi connectivity index (χ1) is 9.97. The Kier molecular flexibility index (Phi) is 5.53. The van der Waals surface area contributed by atoms with Crippen LogP contribution in [0.1, 0.15) is 53.4 Å². The highest BCUT2D eigenvalue weighted by molar-refractivity contribution is 5.80. The highest BCUT2D eigenvalue weighted by atomic mass is 15.3. The summed E-state index contributed by atoms with van der Waals surface area (Å²) in [5, 5.41) is 3.57. The molecule has 1 aliphatic carbocycles. The van der Waals surface area contributed by atoms with Gasteiger partial charge in [-0.15, -0.1) is 0 Å². The van der Waals surface area contributed by atoms with Crippen molar-refractivity contribution in [2.24, 2.45) is 10.4 Å². The van der Waals surface area contributed by atoms with Gasteiger partial charge in [0.05, 0.1) is 0 Å². The molecule has 1 heterocycles. The number of rotatable bonds is 5. The molecule has 0 aromatic heterocycles. The number of nitrogens with one attached hydrogen (secondary N) is 1. The van der Waals surface area contributed by atoms with E-state index < -0.39 is 0 Å². The summed E-state index contributed by atoms with van der Waals surface area (Å²) in [5.41, 5.74) is 0.638. The third-order valence-electron chi connectivity index (χ3n) is 5.34. The van der Waals surface area contributed by atoms with Gasteiger partial charge in [-0.25, -0.2) is 0 Å². The molecule has 1 N–H and O–H groups in total. The molecule has 0 aromatic rings. The Balaban J connectivity index is 1.78. The van der Waals surface area contributed by atoms with Gasteiger partial charge in [-0.1, -0.05) is 6.42 Å². The minimum Gasteiger partial charge on any atom is -0.355 e. The van der Waals surface area contributed by atoms with Crippen molar-refractivity contribution in [1.82, 2.24) is 15.1 Å². The molecule has 0 unspecified atom stereocenters. The molecule has 4 heteroatoms. The fraction of sp³-hybridized carbons (Fsp3) is 0.941. The molecular weight excluding hydrogens is 260 g/mol. The van der Waals surface area contributed by atoms with Crippen LogP contribution in [0.25, 0.3) is 0 Å². The Bertz CT molecular complexity index is 350. The fourth-order valence-electron chi connectivity index (χ4n) is 3.94. The minimum absolute atomic E-state index is 0.596. The third-order valence-corrected chi connectivity index (χ3v) is 5.34. The summed E-state index contributed by atoms with van der Waals surface area (Å²) in [4.78, 5) is 9.49. The summed E-state index contributed by atoms with van der Waals surface area (Å²) < 4.78 is 0. The van der Waals surface area contributed by atoms with Gasteiger partial charge in [0.15, 0.2) is 5.96 Å². The predicted octanol–water partition coefficient (Wildman–Crippen LogP) is 2.56. The normalized spacial score (nSPS) is 21.7. The molecule has 0 bridgehead atoms. The lowest BCUT2D eigenvalue weighted by Gasteiger charge is -2.38. The zero-order chi connectivity index (χ0) is 15.5. The average molecular weight is 294 g/mol. The third kappa shape index (κ3) is 3.91. The van der Waals surface area contributed by atoms with Gasteiger partial charge in [0.2, 0.25) is 0 Å². The number of nitrogens with zero attached hydrogens (tertiary/aromatic N) is 3. The summed E-state index contributed by atoms with van der Waals surface area (Å²) in [6, 6.07) is 1.19. The van der Waals surface area contributed by atoms with Crippen molar-refractivity contribution in [3.05, 3.63) is 0 Å². The SMILES string of the molecule is CN=C(NCCN(C(C)C)C(C)C)N1CCC2(CCC2)C1. The van der Waals surface area contributed by atoms with Crippen molar-refractivity contribution >= 4 is 5.96 Å². The molecular formula is C17H34N4. The largest absolute Gasteiger partial charge is 0.355 e. The maximum absolute atomic E-state index is 4.49. The van der Waals surface area contributed by atoms with Crippen molar-refractivity contribution in [3.63, 3.8) is 0 Å². The number of aliphatic imine (C=N–C) groups is 1. The standard InChI is InChI=1S/C17H34N4/c1-14(2)21(15(3)4)12-10-19-16(18-5)20-11-9-17(13-20)7-6-8-17/h14-15H,6-13H2,1-5H3,(H,18,19). The summed E-state index contributed by atoms with van der Waals surface area (Å²) in [7, 11) is 1.91. The van der Waals surface area contributed by atoms with Crippen molar-refractivity contribution in [2.45, 2.75) is 65.5 Å². The van der Waals surface area contributed by atoms with Gasteiger partial charge < -0.3 is 10.2 Å². The van der Waals surface area contributed by atoms with Gasteiger partial charge in [-0.05, 0) is 52.4 Å². The van der Waals surface area contributed by atoms with Gasteiger partial charge in [-0.3, -0.25) is 9.89 Å². The molecule has 0 atom stereocenters. The number of hydrogen-bond donors (Lipinski definition) is 1. The molecule has 0 amide bonds. The number of guanidine groups is 1. The van der Waals surface area contributed by atoms with E-state index in [-0.39, 0.29) is 0 Å². The zero-order valence-corrected chi connectivity index (χ0v) is 14.7. The molecule has 0 radical (unpaired) electrons. The topological polar surface area (TPSA) is 30.9 Å². The quantitative estimate of drug-likeness (QED) is 0.624. The molecule has 1 saturated carbocycles. The lowest BCUT2D eigenvalue weighted by Crippen LogP contribution is -2.47. The van der Waals surface area contributed by atoms with Crippen LogP contribution in [0.15, 0.2) is 4.99 Å². The van der Waals surface area contributed by atoms with Crippen LogP contribution in [0.4, 0.5) is 0 Å². The van der Waals surface area contributed by atoms with E-state index in [0.29, 0.717) is 17.5 Å². The Morgan fingerprint density at radius 2 is 1.86 bits per heavy atom. The van der Waals surface area contributed by atoms with Crippen molar-refractivity contribution < 1.29 is 0 Å². The summed E-state index contributed by atoms with van der Waals surface area (Å²) >= 11 is 0. The first-order valence-corrected chi connectivity index (χ1v) is 8.69. The van der Waals surface area contributed by atoms with E-state index >= 15 is 0 Å². The van der Waals surface area contributed by atoms with Gasteiger partial charge >= 0.3 is 0 Å². The zero-order valence-electron chi connectivity index (χ0n) is 14.7. The van der Waals surface area contributed by atoms with Crippen LogP contribution in [0, 0.1) is 5.41 Å². The number of likely N-dealkylation sites (tertiary alicyclic amines) is 1. The minimum atomic E-state index is 0.596. The maximum atomic E-state index is 4.49. The average Bonchev–Trinajstić information content (AvgIpc) is 2.83.